The fourth-order valence-corrected chi connectivity index (χ4v) is 3.44. The van der Waals surface area contributed by atoms with Crippen LogP contribution in [0, 0.1) is 5.92 Å². The fourth-order valence-electron chi connectivity index (χ4n) is 3.44. The number of methoxy groups -OCH3 is 2. The molecule has 0 unspecified atom stereocenters. The Morgan fingerprint density at radius 1 is 1.17 bits per heavy atom. The van der Waals surface area contributed by atoms with Crippen LogP contribution in [0.1, 0.15) is 39.2 Å². The van der Waals surface area contributed by atoms with Crippen LogP contribution in [0.5, 0.6) is 5.75 Å². The zero-order valence-corrected chi connectivity index (χ0v) is 18.0. The van der Waals surface area contributed by atoms with Gasteiger partial charge < -0.3 is 20.1 Å². The van der Waals surface area contributed by atoms with Crippen molar-refractivity contribution in [2.45, 2.75) is 45.2 Å². The van der Waals surface area contributed by atoms with E-state index in [0.717, 1.165) is 4.90 Å². The third-order valence-corrected chi connectivity index (χ3v) is 5.58. The van der Waals surface area contributed by atoms with Gasteiger partial charge in [-0.3, -0.25) is 14.5 Å². The van der Waals surface area contributed by atoms with E-state index in [0.29, 0.717) is 24.2 Å². The van der Waals surface area contributed by atoms with E-state index < -0.39 is 41.9 Å². The number of ether oxygens (including phenoxy) is 2. The topological polar surface area (TPSA) is 114 Å². The molecule has 1 saturated heterocycles. The molecule has 0 bridgehead atoms. The van der Waals surface area contributed by atoms with Gasteiger partial charge in [0.25, 0.3) is 5.91 Å². The number of imide groups is 1. The summed E-state index contributed by atoms with van der Waals surface area (Å²) in [5.41, 5.74) is -0.665. The van der Waals surface area contributed by atoms with Crippen LogP contribution < -0.4 is 15.4 Å². The molecule has 9 heteroatoms. The Hall–Kier alpha value is -3.10. The van der Waals surface area contributed by atoms with E-state index in [-0.39, 0.29) is 5.92 Å². The first-order valence-electron chi connectivity index (χ1n) is 9.89. The maximum absolute atomic E-state index is 13.2. The lowest BCUT2D eigenvalue weighted by atomic mass is 9.87. The smallest absolute Gasteiger partial charge is 0.328 e. The minimum atomic E-state index is -1.26. The van der Waals surface area contributed by atoms with Gasteiger partial charge >= 0.3 is 12.0 Å². The molecule has 30 heavy (non-hydrogen) atoms. The summed E-state index contributed by atoms with van der Waals surface area (Å²) in [5, 5.41) is 5.30. The van der Waals surface area contributed by atoms with Crippen molar-refractivity contribution in [2.24, 2.45) is 5.92 Å². The van der Waals surface area contributed by atoms with Gasteiger partial charge in [-0.15, -0.1) is 0 Å². The monoisotopic (exact) mass is 419 g/mol. The summed E-state index contributed by atoms with van der Waals surface area (Å²) in [7, 11) is 2.78. The van der Waals surface area contributed by atoms with Crippen molar-refractivity contribution >= 4 is 23.8 Å². The molecule has 2 N–H and O–H groups in total. The molecule has 9 nitrogen and oxygen atoms in total. The van der Waals surface area contributed by atoms with Crippen LogP contribution in [-0.2, 0) is 24.7 Å². The SMILES string of the molecule is CC[C@@H](C)[C@@H](NC(=O)CN1C(=O)N[C@](CC)(c2ccc(OC)cc2)C1=O)C(=O)OC. The second kappa shape index (κ2) is 9.60. The van der Waals surface area contributed by atoms with Gasteiger partial charge in [0.1, 0.15) is 23.9 Å². The third kappa shape index (κ3) is 4.39. The third-order valence-electron chi connectivity index (χ3n) is 5.58. The van der Waals surface area contributed by atoms with Gasteiger partial charge in [-0.2, -0.15) is 0 Å². The van der Waals surface area contributed by atoms with E-state index in [9.17, 15) is 19.2 Å². The Labute approximate surface area is 176 Å². The second-order valence-corrected chi connectivity index (χ2v) is 7.26. The molecular weight excluding hydrogens is 390 g/mol. The molecule has 0 aromatic heterocycles. The van der Waals surface area contributed by atoms with Crippen LogP contribution in [0.25, 0.3) is 0 Å². The lowest BCUT2D eigenvalue weighted by molar-refractivity contribution is -0.146. The van der Waals surface area contributed by atoms with E-state index in [1.807, 2.05) is 6.92 Å². The van der Waals surface area contributed by atoms with Gasteiger partial charge in [-0.05, 0) is 30.0 Å². The number of carbonyl (C=O) groups excluding carboxylic acids is 4. The molecule has 0 saturated carbocycles. The van der Waals surface area contributed by atoms with Gasteiger partial charge in [-0.1, -0.05) is 39.3 Å². The summed E-state index contributed by atoms with van der Waals surface area (Å²) in [6.07, 6.45) is 0.944. The largest absolute Gasteiger partial charge is 0.497 e. The first kappa shape index (κ1) is 23.2. The molecule has 3 atom stereocenters. The molecule has 1 aromatic carbocycles. The maximum atomic E-state index is 13.2. The molecule has 0 spiro atoms. The molecular formula is C21H29N3O6. The van der Waals surface area contributed by atoms with Crippen molar-refractivity contribution in [1.29, 1.82) is 0 Å². The first-order chi connectivity index (χ1) is 14.2. The number of carbonyl (C=O) groups is 4. The normalized spacial score (nSPS) is 20.4. The number of nitrogens with one attached hydrogen (secondary N) is 2. The Balaban J connectivity index is 2.20. The molecule has 0 radical (unpaired) electrons. The van der Waals surface area contributed by atoms with Crippen molar-refractivity contribution in [3.63, 3.8) is 0 Å². The minimum Gasteiger partial charge on any atom is -0.497 e. The average Bonchev–Trinajstić information content (AvgIpc) is 3.01. The zero-order chi connectivity index (χ0) is 22.5. The lowest BCUT2D eigenvalue weighted by Crippen LogP contribution is -2.50. The Morgan fingerprint density at radius 2 is 1.80 bits per heavy atom. The van der Waals surface area contributed by atoms with E-state index in [1.165, 1.54) is 14.2 Å². The van der Waals surface area contributed by atoms with E-state index >= 15 is 0 Å². The van der Waals surface area contributed by atoms with Gasteiger partial charge in [0, 0.05) is 0 Å². The number of esters is 1. The standard InChI is InChI=1S/C21H29N3O6/c1-6-13(3)17(18(26)30-5)22-16(25)12-24-19(27)21(7-2,23-20(24)28)14-8-10-15(29-4)11-9-14/h8-11,13,17H,6-7,12H2,1-5H3,(H,22,25)(H,23,28)/t13-,17-,21-/m1/s1. The van der Waals surface area contributed by atoms with Crippen LogP contribution in [0.15, 0.2) is 24.3 Å². The van der Waals surface area contributed by atoms with Crippen LogP contribution in [0.4, 0.5) is 4.79 Å². The van der Waals surface area contributed by atoms with Gasteiger partial charge in [0.15, 0.2) is 0 Å². The van der Waals surface area contributed by atoms with E-state index in [2.05, 4.69) is 10.6 Å². The van der Waals surface area contributed by atoms with Crippen LogP contribution in [-0.4, -0.2) is 55.5 Å². The number of urea groups is 1. The summed E-state index contributed by atoms with van der Waals surface area (Å²) in [6, 6.07) is 5.31. The van der Waals surface area contributed by atoms with Crippen LogP contribution >= 0.6 is 0 Å². The molecule has 1 aliphatic rings. The number of amides is 4. The molecule has 0 aliphatic carbocycles. The summed E-state index contributed by atoms with van der Waals surface area (Å²) in [6.45, 7) is 4.98. The van der Waals surface area contributed by atoms with Gasteiger partial charge in [0.05, 0.1) is 14.2 Å². The second-order valence-electron chi connectivity index (χ2n) is 7.26. The quantitative estimate of drug-likeness (QED) is 0.464. The summed E-state index contributed by atoms with van der Waals surface area (Å²) < 4.78 is 9.89. The number of benzene rings is 1. The zero-order valence-electron chi connectivity index (χ0n) is 18.0. The highest BCUT2D eigenvalue weighted by Gasteiger charge is 2.51. The van der Waals surface area contributed by atoms with Crippen LogP contribution in [0.3, 0.4) is 0 Å². The van der Waals surface area contributed by atoms with E-state index in [4.69, 9.17) is 9.47 Å². The Morgan fingerprint density at radius 3 is 2.30 bits per heavy atom. The number of rotatable bonds is 9. The molecule has 1 aliphatic heterocycles. The summed E-state index contributed by atoms with van der Waals surface area (Å²) in [5.74, 6) is -1.25. The van der Waals surface area contributed by atoms with Gasteiger partial charge in [-0.25, -0.2) is 9.59 Å². The highest BCUT2D eigenvalue weighted by atomic mass is 16.5. The molecule has 1 heterocycles. The average molecular weight is 419 g/mol. The molecule has 2 rings (SSSR count). The lowest BCUT2D eigenvalue weighted by Gasteiger charge is -2.26. The maximum Gasteiger partial charge on any atom is 0.328 e. The minimum absolute atomic E-state index is 0.168. The first-order valence-corrected chi connectivity index (χ1v) is 9.89. The fraction of sp³-hybridized carbons (Fsp3) is 0.524. The van der Waals surface area contributed by atoms with Crippen molar-refractivity contribution in [3.8, 4) is 5.75 Å². The Bertz CT molecular complexity index is 809. The van der Waals surface area contributed by atoms with Crippen molar-refractivity contribution in [1.82, 2.24) is 15.5 Å². The number of hydrogen-bond donors (Lipinski definition) is 2. The predicted molar refractivity (Wildman–Crippen MR) is 109 cm³/mol. The highest BCUT2D eigenvalue weighted by Crippen LogP contribution is 2.33. The number of nitrogens with zero attached hydrogens (tertiary/aromatic N) is 1. The van der Waals surface area contributed by atoms with Crippen molar-refractivity contribution in [2.75, 3.05) is 20.8 Å². The van der Waals surface area contributed by atoms with Crippen molar-refractivity contribution in [3.05, 3.63) is 29.8 Å². The molecule has 4 amide bonds. The Kier molecular flexibility index (Phi) is 7.42. The van der Waals surface area contributed by atoms with Crippen molar-refractivity contribution < 1.29 is 28.7 Å². The van der Waals surface area contributed by atoms with Crippen LogP contribution in [0.2, 0.25) is 0 Å². The molecule has 164 valence electrons. The predicted octanol–water partition coefficient (Wildman–Crippen LogP) is 1.56. The van der Waals surface area contributed by atoms with E-state index in [1.54, 1.807) is 38.1 Å². The summed E-state index contributed by atoms with van der Waals surface area (Å²) >= 11 is 0. The number of hydrogen-bond acceptors (Lipinski definition) is 6. The molecule has 1 fully saturated rings. The molecule has 1 aromatic rings. The summed E-state index contributed by atoms with van der Waals surface area (Å²) in [4.78, 5) is 51.1. The van der Waals surface area contributed by atoms with Gasteiger partial charge in [0.2, 0.25) is 5.91 Å². The highest BCUT2D eigenvalue weighted by molar-refractivity contribution is 6.09.